The van der Waals surface area contributed by atoms with Crippen molar-refractivity contribution in [3.63, 3.8) is 0 Å². The third-order valence-electron chi connectivity index (χ3n) is 4.23. The monoisotopic (exact) mass is 333 g/mol. The summed E-state index contributed by atoms with van der Waals surface area (Å²) in [7, 11) is 0. The minimum atomic E-state index is 0.524. The number of anilines is 1. The Kier molecular flexibility index (Phi) is 4.32. The van der Waals surface area contributed by atoms with E-state index in [0.717, 1.165) is 35.8 Å². The molecule has 6 heteroatoms. The maximum atomic E-state index is 5.40. The Morgan fingerprint density at radius 2 is 2.05 bits per heavy atom. The van der Waals surface area contributed by atoms with Crippen molar-refractivity contribution in [1.29, 1.82) is 0 Å². The first kappa shape index (κ1) is 14.5. The topological polar surface area (TPSA) is 38.2 Å². The number of thioether (sulfide) groups is 1. The number of nitrogens with zero attached hydrogens (tertiary/aromatic N) is 3. The molecular formula is C16H19N3OS2. The predicted octanol–water partition coefficient (Wildman–Crippen LogP) is 3.54. The van der Waals surface area contributed by atoms with E-state index >= 15 is 0 Å². The van der Waals surface area contributed by atoms with E-state index in [-0.39, 0.29) is 0 Å². The van der Waals surface area contributed by atoms with Crippen molar-refractivity contribution in [2.45, 2.75) is 28.9 Å². The summed E-state index contributed by atoms with van der Waals surface area (Å²) in [6.07, 6.45) is 3.71. The zero-order valence-corrected chi connectivity index (χ0v) is 14.0. The van der Waals surface area contributed by atoms with Gasteiger partial charge in [0.1, 0.15) is 0 Å². The zero-order chi connectivity index (χ0) is 14.8. The van der Waals surface area contributed by atoms with E-state index in [0.29, 0.717) is 5.25 Å². The number of fused-ring (bicyclic) bond motifs is 1. The molecule has 0 saturated carbocycles. The van der Waals surface area contributed by atoms with E-state index in [4.69, 9.17) is 4.74 Å². The Balaban J connectivity index is 1.49. The molecule has 1 aliphatic heterocycles. The minimum Gasteiger partial charge on any atom is -0.378 e. The number of ether oxygens (including phenoxy) is 1. The van der Waals surface area contributed by atoms with E-state index < -0.39 is 0 Å². The van der Waals surface area contributed by atoms with Crippen LogP contribution in [-0.2, 0) is 11.2 Å². The third-order valence-corrected chi connectivity index (χ3v) is 6.61. The summed E-state index contributed by atoms with van der Waals surface area (Å²) < 4.78 is 6.48. The standard InChI is InChI=1S/C16H19N3OS2/c1-2-6-13-12(4-1)5-3-7-14(13)21-16-18-17-15(22-16)19-8-10-20-11-9-19/h1-2,4,6,14H,3,5,7-11H2. The van der Waals surface area contributed by atoms with Crippen LogP contribution in [-0.4, -0.2) is 36.5 Å². The van der Waals surface area contributed by atoms with Gasteiger partial charge in [-0.1, -0.05) is 47.4 Å². The predicted molar refractivity (Wildman–Crippen MR) is 90.9 cm³/mol. The zero-order valence-electron chi connectivity index (χ0n) is 12.4. The van der Waals surface area contributed by atoms with Crippen molar-refractivity contribution in [3.8, 4) is 0 Å². The average Bonchev–Trinajstić information content (AvgIpc) is 3.05. The Morgan fingerprint density at radius 1 is 1.18 bits per heavy atom. The van der Waals surface area contributed by atoms with Gasteiger partial charge in [-0.25, -0.2) is 0 Å². The number of aryl methyl sites for hydroxylation is 1. The Hall–Kier alpha value is -1.11. The SMILES string of the molecule is c1ccc2c(c1)CCCC2Sc1nnc(N2CCOCC2)s1. The molecule has 1 atom stereocenters. The lowest BCUT2D eigenvalue weighted by Crippen LogP contribution is -2.36. The molecule has 4 nitrogen and oxygen atoms in total. The molecule has 1 fully saturated rings. The van der Waals surface area contributed by atoms with Crippen LogP contribution in [0.25, 0.3) is 0 Å². The summed E-state index contributed by atoms with van der Waals surface area (Å²) in [4.78, 5) is 2.28. The maximum Gasteiger partial charge on any atom is 0.209 e. The number of hydrogen-bond acceptors (Lipinski definition) is 6. The van der Waals surface area contributed by atoms with Crippen LogP contribution in [0, 0.1) is 0 Å². The molecule has 0 bridgehead atoms. The number of aromatic nitrogens is 2. The van der Waals surface area contributed by atoms with Gasteiger partial charge in [0.05, 0.1) is 13.2 Å². The highest BCUT2D eigenvalue weighted by Gasteiger charge is 2.23. The van der Waals surface area contributed by atoms with Gasteiger partial charge < -0.3 is 9.64 Å². The summed E-state index contributed by atoms with van der Waals surface area (Å²) in [5.41, 5.74) is 2.99. The molecule has 0 radical (unpaired) electrons. The van der Waals surface area contributed by atoms with Crippen LogP contribution in [0.2, 0.25) is 0 Å². The normalized spacial score (nSPS) is 21.6. The first-order chi connectivity index (χ1) is 10.9. The van der Waals surface area contributed by atoms with Crippen molar-refractivity contribution in [2.24, 2.45) is 0 Å². The fourth-order valence-corrected chi connectivity index (χ4v) is 5.45. The fourth-order valence-electron chi connectivity index (χ4n) is 3.09. The molecule has 4 rings (SSSR count). The van der Waals surface area contributed by atoms with Crippen LogP contribution in [0.3, 0.4) is 0 Å². The van der Waals surface area contributed by atoms with Gasteiger partial charge >= 0.3 is 0 Å². The second-order valence-electron chi connectivity index (χ2n) is 5.65. The molecule has 1 unspecified atom stereocenters. The van der Waals surface area contributed by atoms with Gasteiger partial charge in [0.25, 0.3) is 0 Å². The Morgan fingerprint density at radius 3 is 2.95 bits per heavy atom. The van der Waals surface area contributed by atoms with E-state index in [2.05, 4.69) is 39.4 Å². The number of benzene rings is 1. The summed E-state index contributed by atoms with van der Waals surface area (Å²) >= 11 is 3.60. The van der Waals surface area contributed by atoms with Crippen molar-refractivity contribution in [1.82, 2.24) is 10.2 Å². The molecule has 1 aliphatic carbocycles. The van der Waals surface area contributed by atoms with Gasteiger partial charge in [-0.3, -0.25) is 0 Å². The van der Waals surface area contributed by atoms with Crippen LogP contribution >= 0.6 is 23.1 Å². The van der Waals surface area contributed by atoms with Crippen molar-refractivity contribution in [2.75, 3.05) is 31.2 Å². The quantitative estimate of drug-likeness (QED) is 0.859. The molecule has 2 aromatic rings. The molecule has 1 saturated heterocycles. The lowest BCUT2D eigenvalue weighted by molar-refractivity contribution is 0.122. The molecule has 0 spiro atoms. The van der Waals surface area contributed by atoms with Crippen LogP contribution in [0.15, 0.2) is 28.6 Å². The second kappa shape index (κ2) is 6.56. The third kappa shape index (κ3) is 3.00. The number of rotatable bonds is 3. The molecule has 0 N–H and O–H groups in total. The highest BCUT2D eigenvalue weighted by molar-refractivity contribution is 8.01. The molecule has 0 amide bonds. The molecule has 22 heavy (non-hydrogen) atoms. The van der Waals surface area contributed by atoms with Gasteiger partial charge in [0, 0.05) is 18.3 Å². The molecule has 1 aromatic carbocycles. The lowest BCUT2D eigenvalue weighted by Gasteiger charge is -2.25. The second-order valence-corrected chi connectivity index (χ2v) is 8.05. The minimum absolute atomic E-state index is 0.524. The first-order valence-electron chi connectivity index (χ1n) is 7.81. The first-order valence-corrected chi connectivity index (χ1v) is 9.50. The van der Waals surface area contributed by atoms with Crippen molar-refractivity contribution in [3.05, 3.63) is 35.4 Å². The smallest absolute Gasteiger partial charge is 0.209 e. The van der Waals surface area contributed by atoms with Gasteiger partial charge in [-0.05, 0) is 30.4 Å². The highest BCUT2D eigenvalue weighted by Crippen LogP contribution is 2.44. The van der Waals surface area contributed by atoms with Crippen LogP contribution in [0.1, 0.15) is 29.2 Å². The van der Waals surface area contributed by atoms with Crippen LogP contribution in [0.4, 0.5) is 5.13 Å². The molecular weight excluding hydrogens is 314 g/mol. The van der Waals surface area contributed by atoms with Crippen molar-refractivity contribution >= 4 is 28.2 Å². The van der Waals surface area contributed by atoms with Gasteiger partial charge in [-0.2, -0.15) is 0 Å². The maximum absolute atomic E-state index is 5.40. The average molecular weight is 333 g/mol. The Labute approximate surface area is 138 Å². The fraction of sp³-hybridized carbons (Fsp3) is 0.500. The van der Waals surface area contributed by atoms with Gasteiger partial charge in [0.15, 0.2) is 4.34 Å². The van der Waals surface area contributed by atoms with E-state index in [9.17, 15) is 0 Å². The lowest BCUT2D eigenvalue weighted by atomic mass is 9.91. The van der Waals surface area contributed by atoms with E-state index in [1.54, 1.807) is 11.3 Å². The van der Waals surface area contributed by atoms with Gasteiger partial charge in [0.2, 0.25) is 5.13 Å². The van der Waals surface area contributed by atoms with Crippen molar-refractivity contribution < 1.29 is 4.74 Å². The Bertz CT molecular complexity index is 640. The van der Waals surface area contributed by atoms with Crippen LogP contribution in [0.5, 0.6) is 0 Å². The highest BCUT2D eigenvalue weighted by atomic mass is 32.2. The molecule has 116 valence electrons. The summed E-state index contributed by atoms with van der Waals surface area (Å²) in [6.45, 7) is 3.42. The largest absolute Gasteiger partial charge is 0.378 e. The van der Waals surface area contributed by atoms with E-state index in [1.807, 2.05) is 11.8 Å². The molecule has 2 heterocycles. The summed E-state index contributed by atoms with van der Waals surface area (Å²) in [5.74, 6) is 0. The number of morpholine rings is 1. The summed E-state index contributed by atoms with van der Waals surface area (Å²) in [6, 6.07) is 8.84. The number of hydrogen-bond donors (Lipinski definition) is 0. The van der Waals surface area contributed by atoms with Crippen LogP contribution < -0.4 is 4.90 Å². The van der Waals surface area contributed by atoms with Gasteiger partial charge in [-0.15, -0.1) is 10.2 Å². The molecule has 2 aliphatic rings. The summed E-state index contributed by atoms with van der Waals surface area (Å²) in [5, 5.41) is 10.3. The van der Waals surface area contributed by atoms with E-state index in [1.165, 1.54) is 30.4 Å². The molecule has 1 aromatic heterocycles.